The van der Waals surface area contributed by atoms with E-state index in [9.17, 15) is 19.5 Å². The van der Waals surface area contributed by atoms with Crippen molar-refractivity contribution in [3.8, 4) is 0 Å². The number of aliphatic hydroxyl groups is 1. The zero-order chi connectivity index (χ0) is 27.3. The van der Waals surface area contributed by atoms with Crippen molar-refractivity contribution in [2.75, 3.05) is 26.2 Å². The average Bonchev–Trinajstić information content (AvgIpc) is 3.58. The van der Waals surface area contributed by atoms with E-state index >= 15 is 0 Å². The first-order chi connectivity index (χ1) is 18.1. The summed E-state index contributed by atoms with van der Waals surface area (Å²) >= 11 is 0. The van der Waals surface area contributed by atoms with Crippen molar-refractivity contribution in [1.29, 1.82) is 0 Å². The molecule has 0 radical (unpaired) electrons. The summed E-state index contributed by atoms with van der Waals surface area (Å²) in [6.45, 7) is 7.48. The van der Waals surface area contributed by atoms with E-state index < -0.39 is 23.6 Å². The van der Waals surface area contributed by atoms with Gasteiger partial charge in [0.25, 0.3) is 0 Å². The fourth-order valence-corrected chi connectivity index (χ4v) is 4.98. The molecule has 2 aromatic carbocycles. The molecule has 2 unspecified atom stereocenters. The minimum atomic E-state index is -0.831. The molecule has 8 heteroatoms. The third-order valence-electron chi connectivity index (χ3n) is 7.37. The van der Waals surface area contributed by atoms with Crippen LogP contribution in [0.15, 0.2) is 42.5 Å². The predicted molar refractivity (Wildman–Crippen MR) is 148 cm³/mol. The number of carbonyl (C=O) groups is 3. The van der Waals surface area contributed by atoms with Crippen molar-refractivity contribution in [3.05, 3.63) is 48.0 Å². The van der Waals surface area contributed by atoms with Gasteiger partial charge in [-0.2, -0.15) is 0 Å². The second-order valence-corrected chi connectivity index (χ2v) is 11.9. The van der Waals surface area contributed by atoms with Gasteiger partial charge in [0.1, 0.15) is 12.1 Å². The summed E-state index contributed by atoms with van der Waals surface area (Å²) in [5.41, 5.74) is 0.332. The van der Waals surface area contributed by atoms with E-state index in [1.54, 1.807) is 4.90 Å². The lowest BCUT2D eigenvalue weighted by Gasteiger charge is -2.31. The molecule has 2 aliphatic rings. The normalized spacial score (nSPS) is 19.3. The first-order valence-electron chi connectivity index (χ1n) is 13.9. The molecular weight excluding hydrogens is 480 g/mol. The Morgan fingerprint density at radius 2 is 1.76 bits per heavy atom. The van der Waals surface area contributed by atoms with Gasteiger partial charge in [-0.15, -0.1) is 0 Å². The Morgan fingerprint density at radius 1 is 1.03 bits per heavy atom. The fourth-order valence-electron chi connectivity index (χ4n) is 4.98. The van der Waals surface area contributed by atoms with E-state index in [1.807, 2.05) is 63.2 Å². The number of likely N-dealkylation sites (tertiary alicyclic amines) is 1. The van der Waals surface area contributed by atoms with Crippen LogP contribution in [0.1, 0.15) is 52.0 Å². The zero-order valence-corrected chi connectivity index (χ0v) is 22.8. The number of nitrogens with zero attached hydrogens (tertiary/aromatic N) is 1. The van der Waals surface area contributed by atoms with Gasteiger partial charge >= 0.3 is 0 Å². The second kappa shape index (κ2) is 12.3. The van der Waals surface area contributed by atoms with Crippen LogP contribution >= 0.6 is 0 Å². The molecule has 1 heterocycles. The molecular formula is C30H42N4O4. The van der Waals surface area contributed by atoms with Gasteiger partial charge in [-0.05, 0) is 54.5 Å². The SMILES string of the molecule is CC(C)(C)C(=O)N1CCCC1C(=O)N[C@H](Cc1ccc2ccccc2c1)C(=O)NCC(O)CNCC1CC1. The Morgan fingerprint density at radius 3 is 2.47 bits per heavy atom. The molecule has 1 aliphatic heterocycles. The van der Waals surface area contributed by atoms with Gasteiger partial charge in [0.2, 0.25) is 17.7 Å². The van der Waals surface area contributed by atoms with Crippen LogP contribution in [0, 0.1) is 11.3 Å². The Hall–Kier alpha value is -2.97. The second-order valence-electron chi connectivity index (χ2n) is 11.9. The van der Waals surface area contributed by atoms with E-state index in [-0.39, 0.29) is 24.3 Å². The van der Waals surface area contributed by atoms with Gasteiger partial charge in [0.05, 0.1) is 6.10 Å². The standard InChI is InChI=1S/C30H42N4O4/c1-30(2,3)29(38)34-14-6-9-26(34)28(37)33-25(16-21-12-13-22-7-4-5-8-23(22)15-21)27(36)32-19-24(35)18-31-17-20-10-11-20/h4-5,7-8,12-13,15,20,24-26,31,35H,6,9-11,14,16-19H2,1-3H3,(H,32,36)(H,33,37)/t24?,25-,26?/m1/s1. The Kier molecular flexibility index (Phi) is 9.05. The maximum atomic E-state index is 13.4. The van der Waals surface area contributed by atoms with Gasteiger partial charge in [-0.1, -0.05) is 63.2 Å². The molecule has 0 aromatic heterocycles. The van der Waals surface area contributed by atoms with Crippen LogP contribution in [0.5, 0.6) is 0 Å². The van der Waals surface area contributed by atoms with Gasteiger partial charge < -0.3 is 26.0 Å². The Labute approximate surface area is 225 Å². The lowest BCUT2D eigenvalue weighted by molar-refractivity contribution is -0.145. The molecule has 206 valence electrons. The third-order valence-corrected chi connectivity index (χ3v) is 7.37. The third kappa shape index (κ3) is 7.54. The van der Waals surface area contributed by atoms with E-state index in [4.69, 9.17) is 0 Å². The minimum absolute atomic E-state index is 0.0625. The number of nitrogens with one attached hydrogen (secondary N) is 3. The van der Waals surface area contributed by atoms with Gasteiger partial charge in [0.15, 0.2) is 0 Å². The molecule has 38 heavy (non-hydrogen) atoms. The van der Waals surface area contributed by atoms with E-state index in [1.165, 1.54) is 12.8 Å². The lowest BCUT2D eigenvalue weighted by atomic mass is 9.94. The molecule has 1 saturated carbocycles. The highest BCUT2D eigenvalue weighted by Crippen LogP contribution is 2.27. The highest BCUT2D eigenvalue weighted by atomic mass is 16.3. The van der Waals surface area contributed by atoms with Crippen LogP contribution in [0.4, 0.5) is 0 Å². The molecule has 3 atom stereocenters. The molecule has 1 aliphatic carbocycles. The highest BCUT2D eigenvalue weighted by molar-refractivity contribution is 5.93. The zero-order valence-electron chi connectivity index (χ0n) is 22.8. The van der Waals surface area contributed by atoms with Gasteiger partial charge in [-0.25, -0.2) is 0 Å². The van der Waals surface area contributed by atoms with E-state index in [0.717, 1.165) is 29.3 Å². The molecule has 1 saturated heterocycles. The Bertz CT molecular complexity index is 1140. The maximum absolute atomic E-state index is 13.4. The summed E-state index contributed by atoms with van der Waals surface area (Å²) < 4.78 is 0. The van der Waals surface area contributed by atoms with Crippen molar-refractivity contribution in [2.24, 2.45) is 11.3 Å². The fraction of sp³-hybridized carbons (Fsp3) is 0.567. The number of aliphatic hydroxyl groups excluding tert-OH is 1. The monoisotopic (exact) mass is 522 g/mol. The molecule has 0 spiro atoms. The molecule has 8 nitrogen and oxygen atoms in total. The summed E-state index contributed by atoms with van der Waals surface area (Å²) in [5.74, 6) is -0.0155. The van der Waals surface area contributed by atoms with Crippen LogP contribution in [0.2, 0.25) is 0 Å². The summed E-state index contributed by atoms with van der Waals surface area (Å²) in [7, 11) is 0. The molecule has 2 aromatic rings. The number of amides is 3. The van der Waals surface area contributed by atoms with Crippen molar-refractivity contribution in [3.63, 3.8) is 0 Å². The number of benzene rings is 2. The van der Waals surface area contributed by atoms with E-state index in [2.05, 4.69) is 16.0 Å². The summed E-state index contributed by atoms with van der Waals surface area (Å²) in [6, 6.07) is 12.6. The summed E-state index contributed by atoms with van der Waals surface area (Å²) in [6.07, 6.45) is 3.37. The van der Waals surface area contributed by atoms with Crippen molar-refractivity contribution < 1.29 is 19.5 Å². The van der Waals surface area contributed by atoms with E-state index in [0.29, 0.717) is 31.8 Å². The topological polar surface area (TPSA) is 111 Å². The maximum Gasteiger partial charge on any atom is 0.243 e. The number of hydrogen-bond acceptors (Lipinski definition) is 5. The Balaban J connectivity index is 1.44. The summed E-state index contributed by atoms with van der Waals surface area (Å²) in [5, 5.41) is 21.5. The van der Waals surface area contributed by atoms with Crippen molar-refractivity contribution in [2.45, 2.75) is 71.1 Å². The smallest absolute Gasteiger partial charge is 0.243 e. The number of hydrogen-bond donors (Lipinski definition) is 4. The summed E-state index contributed by atoms with van der Waals surface area (Å²) in [4.78, 5) is 41.3. The lowest BCUT2D eigenvalue weighted by Crippen LogP contribution is -2.55. The molecule has 2 fully saturated rings. The van der Waals surface area contributed by atoms with Crippen LogP contribution < -0.4 is 16.0 Å². The highest BCUT2D eigenvalue weighted by Gasteiger charge is 2.39. The van der Waals surface area contributed by atoms with Crippen molar-refractivity contribution in [1.82, 2.24) is 20.9 Å². The van der Waals surface area contributed by atoms with Gasteiger partial charge in [0, 0.05) is 31.5 Å². The molecule has 4 N–H and O–H groups in total. The number of carbonyl (C=O) groups excluding carboxylic acids is 3. The van der Waals surface area contributed by atoms with Crippen LogP contribution in [-0.2, 0) is 20.8 Å². The van der Waals surface area contributed by atoms with Crippen LogP contribution in [0.25, 0.3) is 10.8 Å². The van der Waals surface area contributed by atoms with Crippen molar-refractivity contribution >= 4 is 28.5 Å². The minimum Gasteiger partial charge on any atom is -0.390 e. The number of rotatable bonds is 11. The molecule has 3 amide bonds. The quantitative estimate of drug-likeness (QED) is 0.362. The first-order valence-corrected chi connectivity index (χ1v) is 13.9. The van der Waals surface area contributed by atoms with Gasteiger partial charge in [-0.3, -0.25) is 14.4 Å². The van der Waals surface area contributed by atoms with Crippen LogP contribution in [-0.4, -0.2) is 72.1 Å². The predicted octanol–water partition coefficient (Wildman–Crippen LogP) is 2.38. The number of fused-ring (bicyclic) bond motifs is 1. The molecule has 4 rings (SSSR count). The van der Waals surface area contributed by atoms with Crippen LogP contribution in [0.3, 0.4) is 0 Å². The average molecular weight is 523 g/mol. The molecule has 0 bridgehead atoms. The largest absolute Gasteiger partial charge is 0.390 e. The first kappa shape index (κ1) is 28.0.